The largest absolute Gasteiger partial charge is 0.586 e. The summed E-state index contributed by atoms with van der Waals surface area (Å²) >= 11 is 0. The third-order valence-corrected chi connectivity index (χ3v) is 5.47. The third-order valence-electron chi connectivity index (χ3n) is 5.47. The molecule has 0 aromatic heterocycles. The highest BCUT2D eigenvalue weighted by Crippen LogP contribution is 2.50. The van der Waals surface area contributed by atoms with E-state index in [9.17, 15) is 14.0 Å². The summed E-state index contributed by atoms with van der Waals surface area (Å²) in [6, 6.07) is 22.7. The number of ether oxygens (including phenoxy) is 2. The van der Waals surface area contributed by atoms with Gasteiger partial charge < -0.3 is 9.47 Å². The molecule has 0 unspecified atom stereocenters. The molecule has 0 radical (unpaired) electrons. The summed E-state index contributed by atoms with van der Waals surface area (Å²) in [7, 11) is 0. The third kappa shape index (κ3) is 2.14. The van der Waals surface area contributed by atoms with Gasteiger partial charge in [-0.2, -0.15) is 5.26 Å². The minimum absolute atomic E-state index is 0.0174. The fourth-order valence-electron chi connectivity index (χ4n) is 4.34. The first-order valence-electron chi connectivity index (χ1n) is 9.05. The topological polar surface area (TPSA) is 42.2 Å². The summed E-state index contributed by atoms with van der Waals surface area (Å²) in [6.07, 6.45) is -3.71. The number of nitriles is 1. The van der Waals surface area contributed by atoms with Crippen LogP contribution in [-0.2, 0) is 0 Å². The number of halogens is 2. The van der Waals surface area contributed by atoms with Crippen LogP contribution in [-0.4, -0.2) is 6.29 Å². The van der Waals surface area contributed by atoms with Crippen LogP contribution in [0.15, 0.2) is 66.7 Å². The molecule has 5 aromatic carbocycles. The Hall–Kier alpha value is -3.91. The standard InChI is InChI=1S/C24H11F2NO2/c25-24(26)28-19-6-2-5-17(23(19)29-24)18-11-15-4-1-3-13-7-8-14-9-10-16(12-27)21(18)22(14)20(13)15/h1-11H. The molecule has 0 saturated heterocycles. The molecule has 1 heterocycles. The number of para-hydroxylation sites is 1. The van der Waals surface area contributed by atoms with E-state index in [4.69, 9.17) is 4.74 Å². The van der Waals surface area contributed by atoms with Crippen molar-refractivity contribution in [3.05, 3.63) is 72.3 Å². The summed E-state index contributed by atoms with van der Waals surface area (Å²) in [6.45, 7) is 0. The zero-order chi connectivity index (χ0) is 19.8. The molecule has 29 heavy (non-hydrogen) atoms. The van der Waals surface area contributed by atoms with E-state index in [0.29, 0.717) is 16.7 Å². The predicted molar refractivity (Wildman–Crippen MR) is 107 cm³/mol. The second-order valence-electron chi connectivity index (χ2n) is 7.07. The lowest BCUT2D eigenvalue weighted by Crippen LogP contribution is -2.26. The molecule has 6 rings (SSSR count). The Balaban J connectivity index is 1.82. The molecule has 0 N–H and O–H groups in total. The quantitative estimate of drug-likeness (QED) is 0.313. The number of alkyl halides is 2. The molecule has 0 atom stereocenters. The Morgan fingerprint density at radius 1 is 0.724 bits per heavy atom. The van der Waals surface area contributed by atoms with E-state index in [-0.39, 0.29) is 11.5 Å². The molecule has 5 heteroatoms. The summed E-state index contributed by atoms with van der Waals surface area (Å²) in [4.78, 5) is 0. The Morgan fingerprint density at radius 2 is 1.45 bits per heavy atom. The second-order valence-corrected chi connectivity index (χ2v) is 7.07. The average Bonchev–Trinajstić information content (AvgIpc) is 3.05. The van der Waals surface area contributed by atoms with Crippen molar-refractivity contribution in [2.75, 3.05) is 0 Å². The lowest BCUT2D eigenvalue weighted by Gasteiger charge is -2.17. The maximum Gasteiger partial charge on any atom is 0.586 e. The van der Waals surface area contributed by atoms with Gasteiger partial charge >= 0.3 is 6.29 Å². The molecule has 1 aliphatic rings. The van der Waals surface area contributed by atoms with Crippen LogP contribution in [0.4, 0.5) is 8.78 Å². The Kier molecular flexibility index (Phi) is 2.96. The van der Waals surface area contributed by atoms with E-state index in [1.165, 1.54) is 6.07 Å². The van der Waals surface area contributed by atoms with Crippen LogP contribution in [0.1, 0.15) is 5.56 Å². The molecule has 0 spiro atoms. The molecule has 0 amide bonds. The smallest absolute Gasteiger partial charge is 0.395 e. The van der Waals surface area contributed by atoms with Gasteiger partial charge in [0.05, 0.1) is 11.6 Å². The van der Waals surface area contributed by atoms with Crippen molar-refractivity contribution in [3.63, 3.8) is 0 Å². The van der Waals surface area contributed by atoms with E-state index < -0.39 is 6.29 Å². The highest BCUT2D eigenvalue weighted by atomic mass is 19.3. The molecule has 0 saturated carbocycles. The van der Waals surface area contributed by atoms with Gasteiger partial charge in [-0.15, -0.1) is 8.78 Å². The van der Waals surface area contributed by atoms with Gasteiger partial charge in [0.1, 0.15) is 0 Å². The Labute approximate surface area is 163 Å². The summed E-state index contributed by atoms with van der Waals surface area (Å²) in [5.74, 6) is -0.0349. The fourth-order valence-corrected chi connectivity index (χ4v) is 4.34. The van der Waals surface area contributed by atoms with Crippen molar-refractivity contribution in [1.29, 1.82) is 5.26 Å². The van der Waals surface area contributed by atoms with Crippen LogP contribution >= 0.6 is 0 Å². The van der Waals surface area contributed by atoms with Crippen LogP contribution in [0, 0.1) is 11.3 Å². The monoisotopic (exact) mass is 383 g/mol. The molecular weight excluding hydrogens is 372 g/mol. The van der Waals surface area contributed by atoms with E-state index in [1.807, 2.05) is 42.5 Å². The van der Waals surface area contributed by atoms with Crippen LogP contribution in [0.25, 0.3) is 43.4 Å². The number of hydrogen-bond donors (Lipinski definition) is 0. The SMILES string of the molecule is N#Cc1ccc2ccc3cccc4cc(-c5cccc6c5OC(F)(F)O6)c1c2c34. The molecule has 3 nitrogen and oxygen atoms in total. The van der Waals surface area contributed by atoms with E-state index in [2.05, 4.69) is 10.8 Å². The van der Waals surface area contributed by atoms with Crippen molar-refractivity contribution in [3.8, 4) is 28.7 Å². The Bertz CT molecular complexity index is 1500. The number of rotatable bonds is 1. The molecule has 0 bridgehead atoms. The van der Waals surface area contributed by atoms with Crippen LogP contribution in [0.3, 0.4) is 0 Å². The summed E-state index contributed by atoms with van der Waals surface area (Å²) in [5, 5.41) is 15.5. The summed E-state index contributed by atoms with van der Waals surface area (Å²) < 4.78 is 37.0. The van der Waals surface area contributed by atoms with Crippen LogP contribution in [0.2, 0.25) is 0 Å². The van der Waals surface area contributed by atoms with Crippen molar-refractivity contribution >= 4 is 32.3 Å². The van der Waals surface area contributed by atoms with Gasteiger partial charge in [-0.25, -0.2) is 0 Å². The van der Waals surface area contributed by atoms with Gasteiger partial charge in [-0.1, -0.05) is 48.5 Å². The minimum atomic E-state index is -3.71. The maximum absolute atomic E-state index is 13.8. The van der Waals surface area contributed by atoms with Crippen molar-refractivity contribution in [2.45, 2.75) is 6.29 Å². The normalized spacial score (nSPS) is 14.7. The first kappa shape index (κ1) is 16.1. The lowest BCUT2D eigenvalue weighted by atomic mass is 9.86. The first-order chi connectivity index (χ1) is 14.1. The van der Waals surface area contributed by atoms with Gasteiger partial charge in [0, 0.05) is 10.9 Å². The number of hydrogen-bond acceptors (Lipinski definition) is 3. The van der Waals surface area contributed by atoms with Gasteiger partial charge in [-0.3, -0.25) is 0 Å². The molecule has 5 aromatic rings. The zero-order valence-electron chi connectivity index (χ0n) is 14.9. The minimum Gasteiger partial charge on any atom is -0.395 e. The number of nitrogens with zero attached hydrogens (tertiary/aromatic N) is 1. The molecule has 0 fully saturated rings. The molecular formula is C24H11F2NO2. The molecule has 1 aliphatic heterocycles. The lowest BCUT2D eigenvalue weighted by molar-refractivity contribution is -0.286. The van der Waals surface area contributed by atoms with Crippen LogP contribution < -0.4 is 9.47 Å². The zero-order valence-corrected chi connectivity index (χ0v) is 14.9. The highest BCUT2D eigenvalue weighted by molar-refractivity contribution is 6.27. The van der Waals surface area contributed by atoms with Gasteiger partial charge in [-0.05, 0) is 50.7 Å². The fraction of sp³-hybridized carbons (Fsp3) is 0.0417. The van der Waals surface area contributed by atoms with E-state index in [0.717, 1.165) is 32.3 Å². The summed E-state index contributed by atoms with van der Waals surface area (Å²) in [5.41, 5.74) is 1.61. The van der Waals surface area contributed by atoms with Crippen molar-refractivity contribution in [2.24, 2.45) is 0 Å². The van der Waals surface area contributed by atoms with Crippen molar-refractivity contribution in [1.82, 2.24) is 0 Å². The van der Waals surface area contributed by atoms with Crippen LogP contribution in [0.5, 0.6) is 11.5 Å². The first-order valence-corrected chi connectivity index (χ1v) is 9.05. The predicted octanol–water partition coefficient (Wildman–Crippen LogP) is 6.44. The molecule has 138 valence electrons. The van der Waals surface area contributed by atoms with Gasteiger partial charge in [0.15, 0.2) is 11.5 Å². The molecule has 0 aliphatic carbocycles. The second kappa shape index (κ2) is 5.33. The maximum atomic E-state index is 13.8. The number of benzene rings is 5. The average molecular weight is 383 g/mol. The van der Waals surface area contributed by atoms with Gasteiger partial charge in [0.2, 0.25) is 0 Å². The van der Waals surface area contributed by atoms with E-state index >= 15 is 0 Å². The Morgan fingerprint density at radius 3 is 2.28 bits per heavy atom. The van der Waals surface area contributed by atoms with Gasteiger partial charge in [0.25, 0.3) is 0 Å². The highest BCUT2D eigenvalue weighted by Gasteiger charge is 2.44. The van der Waals surface area contributed by atoms with E-state index in [1.54, 1.807) is 18.2 Å². The number of fused-ring (bicyclic) bond motifs is 1. The van der Waals surface area contributed by atoms with Crippen molar-refractivity contribution < 1.29 is 18.3 Å².